The van der Waals surface area contributed by atoms with Crippen LogP contribution >= 0.6 is 0 Å². The maximum atomic E-state index is 2.54. The normalized spacial score (nSPS) is 12.9. The smallest absolute Gasteiger partial charge is 0.0726 e. The van der Waals surface area contributed by atoms with Crippen molar-refractivity contribution in [3.05, 3.63) is 301 Å². The molecule has 0 amide bonds. The van der Waals surface area contributed by atoms with Crippen LogP contribution in [0.15, 0.2) is 279 Å². The molecule has 75 heavy (non-hydrogen) atoms. The Morgan fingerprint density at radius 3 is 0.920 bits per heavy atom. The quantitative estimate of drug-likeness (QED) is 0.157. The lowest BCUT2D eigenvalue weighted by Gasteiger charge is -2.30. The van der Waals surface area contributed by atoms with Crippen LogP contribution in [0.1, 0.15) is 22.3 Å². The fraction of sp³-hybridized carbons (Fsp3) is 0.0137. The van der Waals surface area contributed by atoms with E-state index < -0.39 is 5.41 Å². The molecule has 0 saturated heterocycles. The first-order chi connectivity index (χ1) is 37.2. The molecule has 2 heteroatoms. The van der Waals surface area contributed by atoms with E-state index >= 15 is 0 Å². The molecule has 0 aliphatic heterocycles. The van der Waals surface area contributed by atoms with Gasteiger partial charge in [0.05, 0.1) is 27.5 Å². The second kappa shape index (κ2) is 16.1. The molecule has 0 bridgehead atoms. The number of hydrogen-bond donors (Lipinski definition) is 0. The van der Waals surface area contributed by atoms with Gasteiger partial charge in [0.15, 0.2) is 0 Å². The Hall–Kier alpha value is -9.76. The van der Waals surface area contributed by atoms with Crippen LogP contribution in [-0.4, -0.2) is 9.13 Å². The van der Waals surface area contributed by atoms with E-state index in [2.05, 4.69) is 288 Å². The van der Waals surface area contributed by atoms with Gasteiger partial charge < -0.3 is 9.13 Å². The largest absolute Gasteiger partial charge is 0.309 e. The van der Waals surface area contributed by atoms with Crippen molar-refractivity contribution < 1.29 is 0 Å². The first-order valence-electron chi connectivity index (χ1n) is 26.1. The summed E-state index contributed by atoms with van der Waals surface area (Å²) in [7, 11) is 0. The van der Waals surface area contributed by atoms with E-state index in [1.807, 2.05) is 0 Å². The molecule has 2 aliphatic carbocycles. The molecule has 14 aromatic rings. The Kier molecular flexibility index (Phi) is 8.99. The predicted molar refractivity (Wildman–Crippen MR) is 313 cm³/mol. The fourth-order valence-corrected chi connectivity index (χ4v) is 13.5. The predicted octanol–water partition coefficient (Wildman–Crippen LogP) is 18.9. The summed E-state index contributed by atoms with van der Waals surface area (Å²) in [5, 5.41) is 5.02. The molecular weight excluding hydrogens is 905 g/mol. The van der Waals surface area contributed by atoms with E-state index in [9.17, 15) is 0 Å². The van der Waals surface area contributed by atoms with Crippen LogP contribution < -0.4 is 0 Å². The van der Waals surface area contributed by atoms with Gasteiger partial charge in [0.25, 0.3) is 0 Å². The van der Waals surface area contributed by atoms with Crippen LogP contribution in [0.5, 0.6) is 0 Å². The lowest BCUT2D eigenvalue weighted by Crippen LogP contribution is -2.25. The van der Waals surface area contributed by atoms with E-state index in [-0.39, 0.29) is 0 Å². The molecule has 2 aromatic heterocycles. The highest BCUT2D eigenvalue weighted by molar-refractivity contribution is 6.26. The SMILES string of the molecule is c1ccc(-c2cc(-c3ccccc3)cc(-n3c4ccccc4c4c5c(ccc43)C3(c4ccccc4-c4ccccc43)c3ccc4c(c3-5)c3ccccc3n4-c3cc(-c4ccccc4)cc(-c4ccccc4)c3)c2)cc1. The van der Waals surface area contributed by atoms with Crippen molar-refractivity contribution in [3.8, 4) is 78.1 Å². The number of fused-ring (bicyclic) bond motifs is 18. The van der Waals surface area contributed by atoms with Crippen molar-refractivity contribution in [2.75, 3.05) is 0 Å². The molecule has 1 spiro atoms. The first-order valence-corrected chi connectivity index (χ1v) is 26.1. The highest BCUT2D eigenvalue weighted by Crippen LogP contribution is 2.66. The van der Waals surface area contributed by atoms with Gasteiger partial charge in [0.1, 0.15) is 0 Å². The van der Waals surface area contributed by atoms with Crippen molar-refractivity contribution in [1.29, 1.82) is 0 Å². The number of para-hydroxylation sites is 2. The lowest BCUT2D eigenvalue weighted by molar-refractivity contribution is 0.795. The van der Waals surface area contributed by atoms with Gasteiger partial charge in [-0.2, -0.15) is 0 Å². The maximum Gasteiger partial charge on any atom is 0.0726 e. The van der Waals surface area contributed by atoms with Gasteiger partial charge in [0, 0.05) is 32.9 Å². The van der Waals surface area contributed by atoms with Crippen molar-refractivity contribution >= 4 is 43.6 Å². The number of rotatable bonds is 6. The molecule has 348 valence electrons. The second-order valence-electron chi connectivity index (χ2n) is 20.3. The summed E-state index contributed by atoms with van der Waals surface area (Å²) in [5.41, 5.74) is 26.5. The zero-order valence-corrected chi connectivity index (χ0v) is 41.0. The van der Waals surface area contributed by atoms with Crippen LogP contribution in [-0.2, 0) is 5.41 Å². The zero-order valence-electron chi connectivity index (χ0n) is 41.0. The van der Waals surface area contributed by atoms with Crippen LogP contribution in [0.25, 0.3) is 122 Å². The highest BCUT2D eigenvalue weighted by Gasteiger charge is 2.53. The number of benzene rings is 12. The molecule has 2 heterocycles. The minimum atomic E-state index is -0.561. The standard InChI is InChI=1S/C73H46N2/c1-5-21-47(22-6-1)51-41-52(48-23-7-2-8-24-48)44-55(43-51)74-65-35-19-15-31-59(65)69-67(74)39-37-63-71(69)72-64(73(63)61-33-17-13-29-57(61)58-30-14-18-34-62(58)73)38-40-68-70(72)60-32-16-20-36-66(60)75(68)56-45-53(49-25-9-3-10-26-49)42-54(46-56)50-27-11-4-12-28-50/h1-46H. The van der Waals surface area contributed by atoms with Crippen molar-refractivity contribution in [3.63, 3.8) is 0 Å². The molecule has 12 aromatic carbocycles. The summed E-state index contributed by atoms with van der Waals surface area (Å²) in [4.78, 5) is 0. The Morgan fingerprint density at radius 2 is 0.547 bits per heavy atom. The van der Waals surface area contributed by atoms with Gasteiger partial charge in [-0.3, -0.25) is 0 Å². The van der Waals surface area contributed by atoms with Crippen molar-refractivity contribution in [2.45, 2.75) is 5.41 Å². The fourth-order valence-electron chi connectivity index (χ4n) is 13.5. The minimum absolute atomic E-state index is 0.561. The zero-order chi connectivity index (χ0) is 49.2. The molecule has 2 nitrogen and oxygen atoms in total. The molecule has 0 N–H and O–H groups in total. The number of aromatic nitrogens is 2. The lowest BCUT2D eigenvalue weighted by atomic mass is 9.70. The number of nitrogens with zero attached hydrogens (tertiary/aromatic N) is 2. The molecule has 2 aliphatic rings. The Balaban J connectivity index is 1.05. The van der Waals surface area contributed by atoms with E-state index in [4.69, 9.17) is 0 Å². The van der Waals surface area contributed by atoms with Gasteiger partial charge in [-0.1, -0.05) is 218 Å². The van der Waals surface area contributed by atoms with Gasteiger partial charge in [-0.25, -0.2) is 0 Å². The topological polar surface area (TPSA) is 9.86 Å². The minimum Gasteiger partial charge on any atom is -0.309 e. The van der Waals surface area contributed by atoms with E-state index in [1.54, 1.807) is 0 Å². The average Bonchev–Trinajstić information content (AvgIpc) is 4.40. The first kappa shape index (κ1) is 41.8. The van der Waals surface area contributed by atoms with Crippen LogP contribution in [0.2, 0.25) is 0 Å². The van der Waals surface area contributed by atoms with E-state index in [0.29, 0.717) is 0 Å². The Labute approximate surface area is 435 Å². The van der Waals surface area contributed by atoms with Gasteiger partial charge in [0.2, 0.25) is 0 Å². The van der Waals surface area contributed by atoms with E-state index in [0.717, 1.165) is 11.4 Å². The summed E-state index contributed by atoms with van der Waals surface area (Å²) >= 11 is 0. The molecule has 0 atom stereocenters. The van der Waals surface area contributed by atoms with Crippen LogP contribution in [0, 0.1) is 0 Å². The van der Waals surface area contributed by atoms with Gasteiger partial charge in [-0.05, 0) is 150 Å². The molecule has 16 rings (SSSR count). The summed E-state index contributed by atoms with van der Waals surface area (Å²) < 4.78 is 5.07. The molecule has 0 unspecified atom stereocenters. The summed E-state index contributed by atoms with van der Waals surface area (Å²) in [6.45, 7) is 0. The molecule has 0 saturated carbocycles. The average molecular weight is 951 g/mol. The Morgan fingerprint density at radius 1 is 0.227 bits per heavy atom. The van der Waals surface area contributed by atoms with Gasteiger partial charge >= 0.3 is 0 Å². The number of hydrogen-bond acceptors (Lipinski definition) is 0. The monoisotopic (exact) mass is 950 g/mol. The van der Waals surface area contributed by atoms with Crippen LogP contribution in [0.4, 0.5) is 0 Å². The summed E-state index contributed by atoms with van der Waals surface area (Å²) in [6.07, 6.45) is 0. The molecular formula is C73H46N2. The van der Waals surface area contributed by atoms with Crippen LogP contribution in [0.3, 0.4) is 0 Å². The van der Waals surface area contributed by atoms with Gasteiger partial charge in [-0.15, -0.1) is 0 Å². The van der Waals surface area contributed by atoms with E-state index in [1.165, 1.54) is 133 Å². The molecule has 0 fully saturated rings. The summed E-state index contributed by atoms with van der Waals surface area (Å²) in [5.74, 6) is 0. The molecule has 0 radical (unpaired) electrons. The third kappa shape index (κ3) is 5.97. The van der Waals surface area contributed by atoms with Crippen molar-refractivity contribution in [1.82, 2.24) is 9.13 Å². The Bertz CT molecular complexity index is 4200. The highest BCUT2D eigenvalue weighted by atomic mass is 15.0. The third-order valence-corrected chi connectivity index (χ3v) is 16.5. The van der Waals surface area contributed by atoms with Crippen molar-refractivity contribution in [2.24, 2.45) is 0 Å². The third-order valence-electron chi connectivity index (χ3n) is 16.5. The second-order valence-corrected chi connectivity index (χ2v) is 20.3. The summed E-state index contributed by atoms with van der Waals surface area (Å²) in [6, 6.07) is 104. The maximum absolute atomic E-state index is 2.54.